The Bertz CT molecular complexity index is 730. The highest BCUT2D eigenvalue weighted by atomic mass is 32.2. The van der Waals surface area contributed by atoms with Gasteiger partial charge in [-0.1, -0.05) is 0 Å². The summed E-state index contributed by atoms with van der Waals surface area (Å²) in [7, 11) is 0. The van der Waals surface area contributed by atoms with Gasteiger partial charge in [0.15, 0.2) is 0 Å². The topological polar surface area (TPSA) is 113 Å². The number of hydrogen-bond donors (Lipinski definition) is 2. The molecule has 3 aliphatic rings. The fourth-order valence-corrected chi connectivity index (χ4v) is 7.25. The van der Waals surface area contributed by atoms with E-state index in [0.717, 1.165) is 15.7 Å². The minimum atomic E-state index is -1.07. The molecule has 0 saturated carbocycles. The quantitative estimate of drug-likeness (QED) is 0.286. The first kappa shape index (κ1) is 20.4. The zero-order chi connectivity index (χ0) is 19.9. The molecule has 8 nitrogen and oxygen atoms in total. The number of fused-ring (bicyclic) bond motifs is 1. The highest BCUT2D eigenvalue weighted by molar-refractivity contribution is 8.25. The monoisotopic (exact) mass is 432 g/mol. The second kappa shape index (κ2) is 7.59. The number of amides is 2. The molecule has 3 rings (SSSR count). The molecule has 3 heterocycles. The summed E-state index contributed by atoms with van der Waals surface area (Å²) in [6.07, 6.45) is -0.493. The van der Waals surface area contributed by atoms with E-state index in [0.29, 0.717) is 5.76 Å². The number of esters is 1. The predicted molar refractivity (Wildman–Crippen MR) is 104 cm³/mol. The summed E-state index contributed by atoms with van der Waals surface area (Å²) < 4.78 is 5.47. The van der Waals surface area contributed by atoms with Crippen molar-refractivity contribution in [2.24, 2.45) is 0 Å². The Morgan fingerprint density at radius 3 is 2.52 bits per heavy atom. The summed E-state index contributed by atoms with van der Waals surface area (Å²) in [4.78, 5) is 49.2. The van der Waals surface area contributed by atoms with Gasteiger partial charge in [0.2, 0.25) is 11.8 Å². The molecule has 3 atom stereocenters. The maximum Gasteiger partial charge on any atom is 0.327 e. The van der Waals surface area contributed by atoms with Crippen LogP contribution in [0.25, 0.3) is 0 Å². The van der Waals surface area contributed by atoms with Crippen LogP contribution in [0.2, 0.25) is 0 Å². The van der Waals surface area contributed by atoms with E-state index in [-0.39, 0.29) is 0 Å². The van der Waals surface area contributed by atoms with Crippen molar-refractivity contribution in [3.63, 3.8) is 0 Å². The number of aliphatic carboxylic acids is 1. The van der Waals surface area contributed by atoms with Crippen LogP contribution in [0.3, 0.4) is 0 Å². The van der Waals surface area contributed by atoms with Crippen molar-refractivity contribution in [2.75, 3.05) is 11.5 Å². The van der Waals surface area contributed by atoms with E-state index < -0.39 is 52.4 Å². The van der Waals surface area contributed by atoms with Gasteiger partial charge in [0.1, 0.15) is 29.6 Å². The van der Waals surface area contributed by atoms with Crippen LogP contribution in [0.4, 0.5) is 0 Å². The number of nitrogens with zero attached hydrogens (tertiary/aromatic N) is 1. The number of nitrogens with one attached hydrogen (secondary N) is 1. The van der Waals surface area contributed by atoms with Crippen molar-refractivity contribution in [2.45, 2.75) is 49.4 Å². The van der Waals surface area contributed by atoms with Gasteiger partial charge >= 0.3 is 11.9 Å². The van der Waals surface area contributed by atoms with Crippen molar-refractivity contribution < 1.29 is 29.0 Å². The number of β-lactam (4-membered cyclic amide) rings is 1. The van der Waals surface area contributed by atoms with Crippen LogP contribution < -0.4 is 5.32 Å². The van der Waals surface area contributed by atoms with Crippen LogP contribution in [0.1, 0.15) is 27.2 Å². The van der Waals surface area contributed by atoms with Crippen molar-refractivity contribution in [1.82, 2.24) is 10.2 Å². The molecule has 148 valence electrons. The van der Waals surface area contributed by atoms with E-state index in [1.807, 2.05) is 0 Å². The van der Waals surface area contributed by atoms with Crippen LogP contribution in [0.5, 0.6) is 0 Å². The zero-order valence-electron chi connectivity index (χ0n) is 15.0. The lowest BCUT2D eigenvalue weighted by molar-refractivity contribution is -0.161. The van der Waals surface area contributed by atoms with Gasteiger partial charge in [-0.15, -0.1) is 35.3 Å². The standard InChI is InChI=1S/C16H20N2O6S3/c1-7(15-25-4-5-26-15)24-9(20)6-8(19)17-10-12(21)18-11(14(22)23)16(2,3)27-13(10)18/h10-11,13H,4-6H2,1-3H3,(H,17,19)(H,22,23)/t10-,11?,13+/m1/s1. The van der Waals surface area contributed by atoms with E-state index in [4.69, 9.17) is 4.74 Å². The maximum atomic E-state index is 12.3. The molecule has 11 heteroatoms. The number of allylic oxidation sites excluding steroid dienone is 1. The molecule has 0 spiro atoms. The summed E-state index contributed by atoms with van der Waals surface area (Å²) in [5, 5.41) is 11.5. The fraction of sp³-hybridized carbons (Fsp3) is 0.625. The highest BCUT2D eigenvalue weighted by Crippen LogP contribution is 2.50. The first-order valence-electron chi connectivity index (χ1n) is 8.31. The Kier molecular flexibility index (Phi) is 5.74. The Balaban J connectivity index is 1.55. The normalized spacial score (nSPS) is 28.4. The minimum Gasteiger partial charge on any atom is -0.480 e. The maximum absolute atomic E-state index is 12.3. The molecule has 3 aliphatic heterocycles. The lowest BCUT2D eigenvalue weighted by Crippen LogP contribution is -2.70. The van der Waals surface area contributed by atoms with Gasteiger partial charge in [-0.25, -0.2) is 4.79 Å². The van der Waals surface area contributed by atoms with Crippen molar-refractivity contribution in [1.29, 1.82) is 0 Å². The SMILES string of the molecule is CC(OC(=O)CC(=O)N[C@@H]1C(=O)N2C(C(=O)O)C(C)(C)S[C@@H]12)=C1SCCS1. The molecule has 2 N–H and O–H groups in total. The van der Waals surface area contributed by atoms with E-state index in [2.05, 4.69) is 5.32 Å². The van der Waals surface area contributed by atoms with Crippen LogP contribution in [0, 0.1) is 0 Å². The molecular formula is C16H20N2O6S3. The lowest BCUT2D eigenvalue weighted by Gasteiger charge is -2.43. The molecule has 3 saturated heterocycles. The zero-order valence-corrected chi connectivity index (χ0v) is 17.5. The number of carbonyl (C=O) groups excluding carboxylic acids is 3. The predicted octanol–water partition coefficient (Wildman–Crippen LogP) is 1.22. The number of ether oxygens (including phenoxy) is 1. The molecule has 0 aromatic carbocycles. The number of hydrogen-bond acceptors (Lipinski definition) is 8. The molecular weight excluding hydrogens is 412 g/mol. The number of rotatable bonds is 5. The molecule has 1 unspecified atom stereocenters. The second-order valence-electron chi connectivity index (χ2n) is 6.83. The van der Waals surface area contributed by atoms with Gasteiger partial charge in [0.05, 0.1) is 4.24 Å². The average molecular weight is 433 g/mol. The first-order chi connectivity index (χ1) is 12.6. The number of carboxylic acid groups (broad SMARTS) is 1. The smallest absolute Gasteiger partial charge is 0.327 e. The molecule has 0 radical (unpaired) electrons. The molecule has 3 fully saturated rings. The first-order valence-corrected chi connectivity index (χ1v) is 11.2. The molecule has 0 aromatic heterocycles. The van der Waals surface area contributed by atoms with Crippen LogP contribution in [0.15, 0.2) is 10.00 Å². The Morgan fingerprint density at radius 2 is 1.93 bits per heavy atom. The lowest BCUT2D eigenvalue weighted by atomic mass is 9.96. The number of carboxylic acids is 1. The van der Waals surface area contributed by atoms with E-state index in [1.54, 1.807) is 44.3 Å². The van der Waals surface area contributed by atoms with E-state index in [1.165, 1.54) is 16.7 Å². The average Bonchev–Trinajstić information content (AvgIpc) is 3.17. The third kappa shape index (κ3) is 3.95. The van der Waals surface area contributed by atoms with Gasteiger partial charge in [0, 0.05) is 16.3 Å². The van der Waals surface area contributed by atoms with Crippen molar-refractivity contribution >= 4 is 59.0 Å². The van der Waals surface area contributed by atoms with Crippen LogP contribution in [-0.2, 0) is 23.9 Å². The Morgan fingerprint density at radius 1 is 1.30 bits per heavy atom. The molecule has 0 bridgehead atoms. The number of carbonyl (C=O) groups is 4. The summed E-state index contributed by atoms with van der Waals surface area (Å²) in [6.45, 7) is 5.20. The van der Waals surface area contributed by atoms with E-state index >= 15 is 0 Å². The largest absolute Gasteiger partial charge is 0.480 e. The Labute approximate surface area is 169 Å². The van der Waals surface area contributed by atoms with Gasteiger partial charge in [-0.05, 0) is 20.8 Å². The summed E-state index contributed by atoms with van der Waals surface area (Å²) >= 11 is 4.56. The minimum absolute atomic E-state index is 0.441. The third-order valence-corrected chi connectivity index (χ3v) is 8.85. The number of thioether (sulfide) groups is 3. The summed E-state index contributed by atoms with van der Waals surface area (Å²) in [6, 6.07) is -1.76. The third-order valence-electron chi connectivity index (χ3n) is 4.40. The second-order valence-corrected chi connectivity index (χ2v) is 11.1. The van der Waals surface area contributed by atoms with Crippen molar-refractivity contribution in [3.8, 4) is 0 Å². The van der Waals surface area contributed by atoms with Crippen LogP contribution in [-0.4, -0.2) is 67.5 Å². The van der Waals surface area contributed by atoms with Gasteiger partial charge < -0.3 is 20.1 Å². The molecule has 0 aromatic rings. The van der Waals surface area contributed by atoms with Gasteiger partial charge in [-0.3, -0.25) is 14.4 Å². The van der Waals surface area contributed by atoms with Crippen LogP contribution >= 0.6 is 35.3 Å². The summed E-state index contributed by atoms with van der Waals surface area (Å²) in [5.74, 6) is -0.391. The fourth-order valence-electron chi connectivity index (χ4n) is 3.26. The summed E-state index contributed by atoms with van der Waals surface area (Å²) in [5.41, 5.74) is 0. The van der Waals surface area contributed by atoms with Gasteiger partial charge in [0.25, 0.3) is 0 Å². The Hall–Kier alpha value is -1.33. The van der Waals surface area contributed by atoms with E-state index in [9.17, 15) is 24.3 Å². The highest BCUT2D eigenvalue weighted by Gasteiger charge is 2.64. The van der Waals surface area contributed by atoms with Gasteiger partial charge in [-0.2, -0.15) is 0 Å². The van der Waals surface area contributed by atoms with Crippen molar-refractivity contribution in [3.05, 3.63) is 10.00 Å². The molecule has 27 heavy (non-hydrogen) atoms. The molecule has 2 amide bonds. The molecule has 0 aliphatic carbocycles.